The molecule has 2 heterocycles. The summed E-state index contributed by atoms with van der Waals surface area (Å²) in [4.78, 5) is 2.50. The molecule has 4 rings (SSSR count). The zero-order valence-electron chi connectivity index (χ0n) is 20.9. The van der Waals surface area contributed by atoms with Crippen molar-refractivity contribution in [2.24, 2.45) is 0 Å². The third-order valence-corrected chi connectivity index (χ3v) is 7.04. The average molecular weight is 426 g/mol. The van der Waals surface area contributed by atoms with E-state index in [4.69, 9.17) is 0 Å². The van der Waals surface area contributed by atoms with E-state index in [1.165, 1.54) is 33.9 Å². The molecule has 166 valence electrons. The van der Waals surface area contributed by atoms with E-state index in [0.29, 0.717) is 0 Å². The minimum atomic E-state index is -0.0258. The molecular formula is C30H37N2+. The molecule has 0 N–H and O–H groups in total. The zero-order valence-corrected chi connectivity index (χ0v) is 20.9. The van der Waals surface area contributed by atoms with Crippen molar-refractivity contribution < 1.29 is 4.58 Å². The number of anilines is 1. The van der Waals surface area contributed by atoms with Gasteiger partial charge in [-0.25, -0.2) is 0 Å². The predicted octanol–water partition coefficient (Wildman–Crippen LogP) is 7.29. The number of nitrogens with zero attached hydrogens (tertiary/aromatic N) is 2. The Balaban J connectivity index is 1.63. The number of benzene rings is 2. The predicted molar refractivity (Wildman–Crippen MR) is 138 cm³/mol. The Morgan fingerprint density at radius 3 is 2.06 bits per heavy atom. The number of allylic oxidation sites excluding steroid dienone is 6. The second-order valence-corrected chi connectivity index (χ2v) is 11.0. The van der Waals surface area contributed by atoms with Gasteiger partial charge < -0.3 is 4.90 Å². The summed E-state index contributed by atoms with van der Waals surface area (Å²) < 4.78 is 2.32. The van der Waals surface area contributed by atoms with Gasteiger partial charge in [0.05, 0.1) is 5.41 Å². The van der Waals surface area contributed by atoms with Crippen LogP contribution in [-0.4, -0.2) is 22.9 Å². The minimum absolute atomic E-state index is 0.00622. The molecule has 0 spiro atoms. The summed E-state index contributed by atoms with van der Waals surface area (Å²) in [5, 5.41) is 0. The van der Waals surface area contributed by atoms with Crippen molar-refractivity contribution >= 4 is 17.1 Å². The maximum absolute atomic E-state index is 2.50. The number of rotatable bonds is 3. The molecule has 2 heteroatoms. The van der Waals surface area contributed by atoms with Gasteiger partial charge >= 0.3 is 0 Å². The first-order valence-corrected chi connectivity index (χ1v) is 11.6. The van der Waals surface area contributed by atoms with E-state index in [1.54, 1.807) is 0 Å². The van der Waals surface area contributed by atoms with Gasteiger partial charge in [-0.15, -0.1) is 0 Å². The Bertz CT molecular complexity index is 1160. The summed E-state index contributed by atoms with van der Waals surface area (Å²) >= 11 is 0. The molecule has 0 aliphatic carbocycles. The van der Waals surface area contributed by atoms with Gasteiger partial charge in [0.25, 0.3) is 0 Å². The lowest BCUT2D eigenvalue weighted by Gasteiger charge is -2.38. The van der Waals surface area contributed by atoms with E-state index in [9.17, 15) is 0 Å². The summed E-state index contributed by atoms with van der Waals surface area (Å²) in [5.74, 6) is 0. The van der Waals surface area contributed by atoms with Crippen LogP contribution in [-0.2, 0) is 10.8 Å². The summed E-state index contributed by atoms with van der Waals surface area (Å²) in [5.41, 5.74) is 8.06. The first-order chi connectivity index (χ1) is 15.0. The molecular weight excluding hydrogens is 388 g/mol. The van der Waals surface area contributed by atoms with Crippen molar-refractivity contribution in [1.29, 1.82) is 0 Å². The highest BCUT2D eigenvalue weighted by Gasteiger charge is 2.44. The molecule has 0 aromatic heterocycles. The Hall–Kier alpha value is -2.87. The molecule has 0 unspecified atom stereocenters. The largest absolute Gasteiger partial charge is 0.339 e. The van der Waals surface area contributed by atoms with Gasteiger partial charge in [0.2, 0.25) is 5.69 Å². The molecule has 2 aromatic rings. The topological polar surface area (TPSA) is 6.25 Å². The molecule has 2 aliphatic heterocycles. The van der Waals surface area contributed by atoms with Crippen molar-refractivity contribution in [1.82, 2.24) is 0 Å². The fraction of sp³-hybridized carbons (Fsp3) is 0.367. The molecule has 2 aliphatic rings. The van der Waals surface area contributed by atoms with E-state index < -0.39 is 0 Å². The summed E-state index contributed by atoms with van der Waals surface area (Å²) in [6.45, 7) is 16.1. The standard InChI is InChI=1S/C30H37N2/c1-28(2,3)32-25-19-15-13-17-23(25)30(6,7)27(32)21-11-9-10-20-26-29(4,5)22-16-12-14-18-24(22)31(26)8/h9-21H,1-8H3/q+1. The second-order valence-electron chi connectivity index (χ2n) is 11.0. The quantitative estimate of drug-likeness (QED) is 0.370. The summed E-state index contributed by atoms with van der Waals surface area (Å²) in [6, 6.07) is 17.5. The molecule has 32 heavy (non-hydrogen) atoms. The average Bonchev–Trinajstić information content (AvgIpc) is 3.07. The van der Waals surface area contributed by atoms with Crippen LogP contribution in [0.4, 0.5) is 11.4 Å². The highest BCUT2D eigenvalue weighted by Crippen LogP contribution is 2.50. The van der Waals surface area contributed by atoms with Gasteiger partial charge in [-0.3, -0.25) is 0 Å². The molecule has 0 saturated heterocycles. The number of fused-ring (bicyclic) bond motifs is 2. The van der Waals surface area contributed by atoms with Gasteiger partial charge in [0.1, 0.15) is 7.05 Å². The molecule has 2 aromatic carbocycles. The van der Waals surface area contributed by atoms with Gasteiger partial charge in [0, 0.05) is 40.0 Å². The Morgan fingerprint density at radius 1 is 0.781 bits per heavy atom. The van der Waals surface area contributed by atoms with Crippen LogP contribution < -0.4 is 4.90 Å². The third-order valence-electron chi connectivity index (χ3n) is 7.04. The Labute approximate surface area is 194 Å². The molecule has 0 saturated carbocycles. The molecule has 0 amide bonds. The Morgan fingerprint density at radius 2 is 1.41 bits per heavy atom. The van der Waals surface area contributed by atoms with Crippen LogP contribution in [0.25, 0.3) is 0 Å². The summed E-state index contributed by atoms with van der Waals surface area (Å²) in [7, 11) is 2.17. The Kier molecular flexibility index (Phi) is 5.32. The van der Waals surface area contributed by atoms with E-state index in [0.717, 1.165) is 0 Å². The minimum Gasteiger partial charge on any atom is -0.339 e. The first-order valence-electron chi connectivity index (χ1n) is 11.6. The van der Waals surface area contributed by atoms with E-state index in [-0.39, 0.29) is 16.4 Å². The van der Waals surface area contributed by atoms with Gasteiger partial charge in [-0.05, 0) is 52.3 Å². The van der Waals surface area contributed by atoms with Crippen LogP contribution in [0, 0.1) is 0 Å². The van der Waals surface area contributed by atoms with Crippen molar-refractivity contribution in [3.8, 4) is 0 Å². The summed E-state index contributed by atoms with van der Waals surface area (Å²) in [6.07, 6.45) is 11.1. The lowest BCUT2D eigenvalue weighted by molar-refractivity contribution is -0.401. The van der Waals surface area contributed by atoms with Gasteiger partial charge in [-0.2, -0.15) is 4.58 Å². The lowest BCUT2D eigenvalue weighted by atomic mass is 9.81. The molecule has 0 fully saturated rings. The zero-order chi connectivity index (χ0) is 23.3. The maximum Gasteiger partial charge on any atom is 0.209 e. The highest BCUT2D eigenvalue weighted by molar-refractivity contribution is 6.03. The molecule has 0 bridgehead atoms. The van der Waals surface area contributed by atoms with Gasteiger partial charge in [0.15, 0.2) is 5.71 Å². The second kappa shape index (κ2) is 7.62. The fourth-order valence-corrected chi connectivity index (χ4v) is 5.41. The van der Waals surface area contributed by atoms with Crippen LogP contribution >= 0.6 is 0 Å². The number of para-hydroxylation sites is 2. The van der Waals surface area contributed by atoms with Crippen LogP contribution in [0.2, 0.25) is 0 Å². The highest BCUT2D eigenvalue weighted by atomic mass is 15.2. The van der Waals surface area contributed by atoms with Crippen LogP contribution in [0.15, 0.2) is 84.6 Å². The smallest absolute Gasteiger partial charge is 0.209 e. The monoisotopic (exact) mass is 425 g/mol. The van der Waals surface area contributed by atoms with Crippen molar-refractivity contribution in [3.05, 3.63) is 95.7 Å². The van der Waals surface area contributed by atoms with E-state index >= 15 is 0 Å². The third kappa shape index (κ3) is 3.46. The number of hydrogen-bond donors (Lipinski definition) is 0. The van der Waals surface area contributed by atoms with E-state index in [1.807, 2.05) is 0 Å². The van der Waals surface area contributed by atoms with Crippen LogP contribution in [0.5, 0.6) is 0 Å². The van der Waals surface area contributed by atoms with Crippen molar-refractivity contribution in [2.45, 2.75) is 64.8 Å². The van der Waals surface area contributed by atoms with Crippen LogP contribution in [0.3, 0.4) is 0 Å². The van der Waals surface area contributed by atoms with Crippen LogP contribution in [0.1, 0.15) is 59.6 Å². The van der Waals surface area contributed by atoms with Gasteiger partial charge in [-0.1, -0.05) is 68.5 Å². The van der Waals surface area contributed by atoms with E-state index in [2.05, 4.69) is 144 Å². The number of hydrogen-bond acceptors (Lipinski definition) is 1. The van der Waals surface area contributed by atoms with Crippen molar-refractivity contribution in [3.63, 3.8) is 0 Å². The molecule has 2 nitrogen and oxygen atoms in total. The molecule has 0 atom stereocenters. The maximum atomic E-state index is 2.50. The normalized spacial score (nSPS) is 20.6. The SMILES string of the molecule is C[N+]1=C(/C=C/C=C/C=C2/N(C(C)(C)C)c3ccccc3C2(C)C)C(C)(C)c2ccccc21. The molecule has 0 radical (unpaired) electrons. The van der Waals surface area contributed by atoms with Crippen molar-refractivity contribution in [2.75, 3.05) is 11.9 Å². The first kappa shape index (κ1) is 22.3. The lowest BCUT2D eigenvalue weighted by Crippen LogP contribution is -2.41. The fourth-order valence-electron chi connectivity index (χ4n) is 5.41.